The fourth-order valence-electron chi connectivity index (χ4n) is 4.44. The summed E-state index contributed by atoms with van der Waals surface area (Å²) < 4.78 is 5.96. The van der Waals surface area contributed by atoms with Gasteiger partial charge in [-0.2, -0.15) is 4.98 Å². The van der Waals surface area contributed by atoms with E-state index in [2.05, 4.69) is 103 Å². The summed E-state index contributed by atoms with van der Waals surface area (Å²) in [7, 11) is -1.91. The van der Waals surface area contributed by atoms with Crippen molar-refractivity contribution in [1.29, 1.82) is 0 Å². The van der Waals surface area contributed by atoms with Crippen molar-refractivity contribution in [2.45, 2.75) is 6.92 Å². The molecule has 34 heavy (non-hydrogen) atoms. The minimum atomic E-state index is -1.91. The Morgan fingerprint density at radius 1 is 0.853 bits per heavy atom. The van der Waals surface area contributed by atoms with E-state index in [1.165, 1.54) is 26.4 Å². The first-order chi connectivity index (χ1) is 16.6. The van der Waals surface area contributed by atoms with E-state index < -0.39 is 7.26 Å². The van der Waals surface area contributed by atoms with E-state index in [9.17, 15) is 4.79 Å². The van der Waals surface area contributed by atoms with Crippen molar-refractivity contribution in [1.82, 2.24) is 4.98 Å². The van der Waals surface area contributed by atoms with Crippen LogP contribution in [0.4, 0.5) is 6.01 Å². The number of aromatic nitrogens is 1. The Hall–Kier alpha value is -3.75. The first-order valence-corrected chi connectivity index (χ1v) is 13.6. The van der Waals surface area contributed by atoms with Gasteiger partial charge in [0.05, 0.1) is 6.66 Å². The zero-order chi connectivity index (χ0) is 23.5. The third-order valence-electron chi connectivity index (χ3n) is 6.33. The SMILES string of the molecule is CCN(C=O)c1nc2ccc(-c3ccccc3[P+](C)(c3ccccc3)c3ccccc3)cc2o1. The third-order valence-corrected chi connectivity index (χ3v) is 10.3. The molecule has 1 heterocycles. The number of amides is 1. The number of carbonyl (C=O) groups excluding carboxylic acids is 1. The van der Waals surface area contributed by atoms with Gasteiger partial charge in [0.1, 0.15) is 28.7 Å². The summed E-state index contributed by atoms with van der Waals surface area (Å²) in [6, 6.07) is 36.6. The van der Waals surface area contributed by atoms with Crippen molar-refractivity contribution >= 4 is 46.7 Å². The van der Waals surface area contributed by atoms with Crippen molar-refractivity contribution < 1.29 is 9.21 Å². The average molecular weight is 466 g/mol. The summed E-state index contributed by atoms with van der Waals surface area (Å²) in [6.45, 7) is 4.79. The molecule has 0 spiro atoms. The molecule has 5 heteroatoms. The molecule has 0 saturated carbocycles. The van der Waals surface area contributed by atoms with Gasteiger partial charge >= 0.3 is 6.01 Å². The molecule has 0 N–H and O–H groups in total. The highest BCUT2D eigenvalue weighted by Gasteiger charge is 2.41. The van der Waals surface area contributed by atoms with Crippen LogP contribution in [0, 0.1) is 0 Å². The van der Waals surface area contributed by atoms with Crippen LogP contribution in [0.5, 0.6) is 0 Å². The van der Waals surface area contributed by atoms with E-state index in [4.69, 9.17) is 4.42 Å². The Labute approximate surface area is 200 Å². The fraction of sp³-hybridized carbons (Fsp3) is 0.103. The number of hydrogen-bond donors (Lipinski definition) is 0. The Kier molecular flexibility index (Phi) is 6.00. The molecular formula is C29H26N2O2P+. The van der Waals surface area contributed by atoms with Gasteiger partial charge in [-0.15, -0.1) is 0 Å². The van der Waals surface area contributed by atoms with Crippen LogP contribution in [0.15, 0.2) is 108 Å². The Bertz CT molecular complexity index is 1390. The van der Waals surface area contributed by atoms with Crippen molar-refractivity contribution in [3.05, 3.63) is 103 Å². The normalized spacial score (nSPS) is 11.5. The first-order valence-electron chi connectivity index (χ1n) is 11.4. The van der Waals surface area contributed by atoms with Gasteiger partial charge in [-0.3, -0.25) is 9.69 Å². The molecule has 0 aliphatic heterocycles. The Balaban J connectivity index is 1.70. The molecule has 0 radical (unpaired) electrons. The molecule has 4 nitrogen and oxygen atoms in total. The lowest BCUT2D eigenvalue weighted by molar-refractivity contribution is -0.107. The minimum Gasteiger partial charge on any atom is -0.423 e. The second-order valence-corrected chi connectivity index (χ2v) is 11.8. The maximum atomic E-state index is 11.4. The highest BCUT2D eigenvalue weighted by atomic mass is 31.2. The van der Waals surface area contributed by atoms with Crippen LogP contribution in [0.1, 0.15) is 6.92 Å². The van der Waals surface area contributed by atoms with Gasteiger partial charge in [-0.25, -0.2) is 0 Å². The summed E-state index contributed by atoms with van der Waals surface area (Å²) in [5.41, 5.74) is 3.65. The molecule has 1 amide bonds. The molecule has 4 aromatic carbocycles. The van der Waals surface area contributed by atoms with Crippen molar-refractivity contribution in [3.63, 3.8) is 0 Å². The van der Waals surface area contributed by atoms with Gasteiger partial charge in [-0.05, 0) is 55.0 Å². The molecule has 0 saturated heterocycles. The molecule has 5 aromatic rings. The molecule has 168 valence electrons. The lowest BCUT2D eigenvalue weighted by atomic mass is 10.1. The largest absolute Gasteiger partial charge is 0.423 e. The zero-order valence-electron chi connectivity index (χ0n) is 19.3. The summed E-state index contributed by atoms with van der Waals surface area (Å²) in [5.74, 6) is 0. The standard InChI is InChI=1S/C29H26N2O2P/c1-3-31(21-32)29-30-26-19-18-22(20-27(26)33-29)25-16-10-11-17-28(25)34(2,23-12-6-4-7-13-23)24-14-8-5-9-15-24/h4-21H,3H2,1-2H3/q+1. The van der Waals surface area contributed by atoms with E-state index in [-0.39, 0.29) is 0 Å². The highest BCUT2D eigenvalue weighted by molar-refractivity contribution is 7.95. The van der Waals surface area contributed by atoms with Crippen LogP contribution in [-0.4, -0.2) is 24.6 Å². The van der Waals surface area contributed by atoms with Gasteiger partial charge in [-0.1, -0.05) is 60.7 Å². The van der Waals surface area contributed by atoms with Gasteiger partial charge < -0.3 is 4.42 Å². The number of rotatable bonds is 7. The molecule has 0 atom stereocenters. The first kappa shape index (κ1) is 22.1. The number of nitrogens with zero attached hydrogens (tertiary/aromatic N) is 2. The number of benzene rings is 4. The van der Waals surface area contributed by atoms with Gasteiger partial charge in [0, 0.05) is 12.1 Å². The van der Waals surface area contributed by atoms with Crippen LogP contribution in [-0.2, 0) is 4.79 Å². The minimum absolute atomic E-state index is 0.323. The summed E-state index contributed by atoms with van der Waals surface area (Å²) >= 11 is 0. The van der Waals surface area contributed by atoms with Crippen LogP contribution in [0.2, 0.25) is 0 Å². The van der Waals surface area contributed by atoms with E-state index >= 15 is 0 Å². The van der Waals surface area contributed by atoms with Gasteiger partial charge in [0.25, 0.3) is 0 Å². The van der Waals surface area contributed by atoms with Crippen LogP contribution < -0.4 is 20.8 Å². The monoisotopic (exact) mass is 465 g/mol. The second-order valence-electron chi connectivity index (χ2n) is 8.26. The van der Waals surface area contributed by atoms with Crippen LogP contribution >= 0.6 is 7.26 Å². The number of oxazole rings is 1. The van der Waals surface area contributed by atoms with Crippen molar-refractivity contribution in [2.24, 2.45) is 0 Å². The quantitative estimate of drug-likeness (QED) is 0.239. The highest BCUT2D eigenvalue weighted by Crippen LogP contribution is 2.53. The molecule has 0 unspecified atom stereocenters. The third kappa shape index (κ3) is 3.81. The molecule has 0 aliphatic rings. The molecule has 0 fully saturated rings. The van der Waals surface area contributed by atoms with E-state index in [0.29, 0.717) is 18.1 Å². The number of hydrogen-bond acceptors (Lipinski definition) is 3. The van der Waals surface area contributed by atoms with Gasteiger partial charge in [0.2, 0.25) is 6.41 Å². The summed E-state index contributed by atoms with van der Waals surface area (Å²) in [6.07, 6.45) is 0.747. The van der Waals surface area contributed by atoms with Gasteiger partial charge in [0.15, 0.2) is 5.58 Å². The average Bonchev–Trinajstić information content (AvgIpc) is 3.33. The number of carbonyl (C=O) groups is 1. The Morgan fingerprint density at radius 2 is 1.47 bits per heavy atom. The summed E-state index contributed by atoms with van der Waals surface area (Å²) in [5, 5.41) is 3.98. The zero-order valence-corrected chi connectivity index (χ0v) is 20.2. The predicted molar refractivity (Wildman–Crippen MR) is 143 cm³/mol. The predicted octanol–water partition coefficient (Wildman–Crippen LogP) is 5.40. The topological polar surface area (TPSA) is 46.3 Å². The lowest BCUT2D eigenvalue weighted by Gasteiger charge is -2.25. The second kappa shape index (κ2) is 9.24. The Morgan fingerprint density at radius 3 is 2.09 bits per heavy atom. The number of fused-ring (bicyclic) bond motifs is 1. The summed E-state index contributed by atoms with van der Waals surface area (Å²) in [4.78, 5) is 17.3. The molecule has 5 rings (SSSR count). The van der Waals surface area contributed by atoms with Crippen molar-refractivity contribution in [3.8, 4) is 11.1 Å². The lowest BCUT2D eigenvalue weighted by Crippen LogP contribution is -2.31. The molecular weight excluding hydrogens is 439 g/mol. The molecule has 1 aromatic heterocycles. The molecule has 0 bridgehead atoms. The molecule has 0 aliphatic carbocycles. The fourth-order valence-corrected chi connectivity index (χ4v) is 7.91. The van der Waals surface area contributed by atoms with Crippen LogP contribution in [0.3, 0.4) is 0 Å². The smallest absolute Gasteiger partial charge is 0.305 e. The maximum Gasteiger partial charge on any atom is 0.305 e. The number of anilines is 1. The van der Waals surface area contributed by atoms with Crippen LogP contribution in [0.25, 0.3) is 22.2 Å². The van der Waals surface area contributed by atoms with E-state index in [1.807, 2.05) is 19.1 Å². The van der Waals surface area contributed by atoms with Crippen molar-refractivity contribution in [2.75, 3.05) is 18.1 Å². The van der Waals surface area contributed by atoms with E-state index in [1.54, 1.807) is 0 Å². The maximum absolute atomic E-state index is 11.4. The van der Waals surface area contributed by atoms with E-state index in [0.717, 1.165) is 17.5 Å².